The third-order valence-electron chi connectivity index (χ3n) is 2.02. The highest BCUT2D eigenvalue weighted by Gasteiger charge is 2.04. The van der Waals surface area contributed by atoms with E-state index in [9.17, 15) is 8.42 Å². The standard InChI is InChI=1S/C8H19NO3S.H2O4S/c1-3-9(4-2)7-5-6-8-13(10,11)12;1-5(2,3)4/h3-8H2,1-2H3,(H,10,11,12);(H2,1,2,3,4). The molecule has 0 unspecified atom stereocenters. The van der Waals surface area contributed by atoms with Crippen LogP contribution in [-0.4, -0.2) is 60.8 Å². The third kappa shape index (κ3) is 24.8. The van der Waals surface area contributed by atoms with Crippen molar-refractivity contribution >= 4 is 20.5 Å². The lowest BCUT2D eigenvalue weighted by molar-refractivity contribution is 0.298. The maximum absolute atomic E-state index is 10.4. The number of hydrogen-bond donors (Lipinski definition) is 3. The lowest BCUT2D eigenvalue weighted by atomic mass is 10.3. The summed E-state index contributed by atoms with van der Waals surface area (Å²) in [6.07, 6.45) is 1.36. The van der Waals surface area contributed by atoms with Gasteiger partial charge in [0, 0.05) is 0 Å². The summed E-state index contributed by atoms with van der Waals surface area (Å²) in [5.74, 6) is -0.117. The Balaban J connectivity index is 0. The predicted octanol–water partition coefficient (Wildman–Crippen LogP) is 0.343. The van der Waals surface area contributed by atoms with E-state index in [1.807, 2.05) is 0 Å². The number of hydrogen-bond acceptors (Lipinski definition) is 5. The zero-order chi connectivity index (χ0) is 14.8. The molecule has 0 rings (SSSR count). The predicted molar refractivity (Wildman–Crippen MR) is 67.6 cm³/mol. The van der Waals surface area contributed by atoms with Crippen molar-refractivity contribution in [3.63, 3.8) is 0 Å². The Morgan fingerprint density at radius 1 is 0.889 bits per heavy atom. The van der Waals surface area contributed by atoms with Crippen LogP contribution in [0.15, 0.2) is 0 Å². The second-order valence-electron chi connectivity index (χ2n) is 3.47. The Hall–Kier alpha value is -0.260. The van der Waals surface area contributed by atoms with Crippen LogP contribution >= 0.6 is 0 Å². The summed E-state index contributed by atoms with van der Waals surface area (Å²) in [6.45, 7) is 7.03. The highest BCUT2D eigenvalue weighted by molar-refractivity contribution is 7.85. The van der Waals surface area contributed by atoms with E-state index in [1.54, 1.807) is 0 Å². The van der Waals surface area contributed by atoms with Gasteiger partial charge in [-0.2, -0.15) is 16.8 Å². The highest BCUT2D eigenvalue weighted by atomic mass is 32.3. The van der Waals surface area contributed by atoms with Gasteiger partial charge >= 0.3 is 10.4 Å². The summed E-state index contributed by atoms with van der Waals surface area (Å²) >= 11 is 0. The van der Waals surface area contributed by atoms with Gasteiger partial charge < -0.3 is 4.90 Å². The van der Waals surface area contributed by atoms with E-state index in [2.05, 4.69) is 18.7 Å². The number of nitrogens with zero attached hydrogens (tertiary/aromatic N) is 1. The Bertz CT molecular complexity index is 378. The first-order chi connectivity index (χ1) is 7.99. The van der Waals surface area contributed by atoms with Crippen molar-refractivity contribution in [2.24, 2.45) is 0 Å². The van der Waals surface area contributed by atoms with Crippen LogP contribution in [0.4, 0.5) is 0 Å². The first-order valence-corrected chi connectivity index (χ1v) is 8.37. The SMILES string of the molecule is CCN(CC)CCCCS(=O)(=O)O.O=S(=O)(O)O. The minimum absolute atomic E-state index is 0.117. The molecule has 0 aliphatic carbocycles. The van der Waals surface area contributed by atoms with Gasteiger partial charge in [-0.05, 0) is 32.5 Å². The molecule has 0 radical (unpaired) electrons. The Kier molecular flexibility index (Phi) is 10.7. The van der Waals surface area contributed by atoms with E-state index in [0.29, 0.717) is 6.42 Å². The van der Waals surface area contributed by atoms with Crippen molar-refractivity contribution < 1.29 is 30.5 Å². The minimum atomic E-state index is -4.67. The van der Waals surface area contributed by atoms with Crippen LogP contribution in [0.1, 0.15) is 26.7 Å². The van der Waals surface area contributed by atoms with E-state index in [0.717, 1.165) is 26.1 Å². The Labute approximate surface area is 108 Å². The molecule has 0 aromatic carbocycles. The second kappa shape index (κ2) is 9.64. The lowest BCUT2D eigenvalue weighted by Gasteiger charge is -2.17. The minimum Gasteiger partial charge on any atom is -0.304 e. The molecule has 0 heterocycles. The lowest BCUT2D eigenvalue weighted by Crippen LogP contribution is -2.24. The molecule has 8 nitrogen and oxygen atoms in total. The zero-order valence-electron chi connectivity index (χ0n) is 10.5. The molecule has 0 fully saturated rings. The summed E-state index contributed by atoms with van der Waals surface area (Å²) < 4.78 is 60.8. The fraction of sp³-hybridized carbons (Fsp3) is 1.00. The first kappa shape index (κ1) is 20.1. The maximum atomic E-state index is 10.4. The fourth-order valence-corrected chi connectivity index (χ4v) is 1.73. The summed E-state index contributed by atoms with van der Waals surface area (Å²) in [6, 6.07) is 0. The van der Waals surface area contributed by atoms with Gasteiger partial charge in [0.15, 0.2) is 0 Å². The molecule has 0 aliphatic rings. The maximum Gasteiger partial charge on any atom is 0.394 e. The van der Waals surface area contributed by atoms with Gasteiger partial charge in [-0.3, -0.25) is 13.7 Å². The van der Waals surface area contributed by atoms with Crippen molar-refractivity contribution in [3.8, 4) is 0 Å². The Morgan fingerprint density at radius 3 is 1.56 bits per heavy atom. The van der Waals surface area contributed by atoms with E-state index in [1.165, 1.54) is 0 Å². The van der Waals surface area contributed by atoms with E-state index in [-0.39, 0.29) is 5.75 Å². The normalized spacial score (nSPS) is 12.1. The molecule has 112 valence electrons. The molecular weight excluding hydrogens is 286 g/mol. The van der Waals surface area contributed by atoms with Gasteiger partial charge in [-0.1, -0.05) is 13.8 Å². The largest absolute Gasteiger partial charge is 0.394 e. The molecule has 3 N–H and O–H groups in total. The van der Waals surface area contributed by atoms with Crippen molar-refractivity contribution in [2.75, 3.05) is 25.4 Å². The summed E-state index contributed by atoms with van der Waals surface area (Å²) in [4.78, 5) is 2.23. The monoisotopic (exact) mass is 307 g/mol. The molecule has 0 aromatic heterocycles. The molecule has 18 heavy (non-hydrogen) atoms. The van der Waals surface area contributed by atoms with Gasteiger partial charge in [0.1, 0.15) is 0 Å². The van der Waals surface area contributed by atoms with Gasteiger partial charge in [-0.25, -0.2) is 0 Å². The molecule has 0 saturated carbocycles. The molecule has 0 saturated heterocycles. The van der Waals surface area contributed by atoms with Crippen LogP contribution in [0.5, 0.6) is 0 Å². The first-order valence-electron chi connectivity index (χ1n) is 5.37. The smallest absolute Gasteiger partial charge is 0.304 e. The van der Waals surface area contributed by atoms with E-state index in [4.69, 9.17) is 22.1 Å². The second-order valence-corrected chi connectivity index (χ2v) is 5.94. The van der Waals surface area contributed by atoms with Crippen LogP contribution in [0.25, 0.3) is 0 Å². The Morgan fingerprint density at radius 2 is 1.28 bits per heavy atom. The van der Waals surface area contributed by atoms with E-state index >= 15 is 0 Å². The van der Waals surface area contributed by atoms with E-state index < -0.39 is 20.5 Å². The van der Waals surface area contributed by atoms with Crippen LogP contribution in [0, 0.1) is 0 Å². The summed E-state index contributed by atoms with van der Waals surface area (Å²) in [5, 5.41) is 0. The van der Waals surface area contributed by atoms with Gasteiger partial charge in [0.2, 0.25) is 0 Å². The summed E-state index contributed by atoms with van der Waals surface area (Å²) in [5.41, 5.74) is 0. The quantitative estimate of drug-likeness (QED) is 0.453. The van der Waals surface area contributed by atoms with Crippen LogP contribution in [0.2, 0.25) is 0 Å². The molecule has 0 atom stereocenters. The average Bonchev–Trinajstić information content (AvgIpc) is 2.14. The molecule has 0 aliphatic heterocycles. The third-order valence-corrected chi connectivity index (χ3v) is 2.83. The molecule has 0 bridgehead atoms. The van der Waals surface area contributed by atoms with Crippen molar-refractivity contribution in [2.45, 2.75) is 26.7 Å². The fourth-order valence-electron chi connectivity index (χ4n) is 1.16. The van der Waals surface area contributed by atoms with Crippen LogP contribution in [0.3, 0.4) is 0 Å². The average molecular weight is 307 g/mol. The van der Waals surface area contributed by atoms with Gasteiger partial charge in [0.05, 0.1) is 5.75 Å². The molecule has 0 spiro atoms. The zero-order valence-corrected chi connectivity index (χ0v) is 12.1. The van der Waals surface area contributed by atoms with Crippen LogP contribution < -0.4 is 0 Å². The number of unbranched alkanes of at least 4 members (excludes halogenated alkanes) is 1. The molecule has 0 amide bonds. The van der Waals surface area contributed by atoms with Gasteiger partial charge in [-0.15, -0.1) is 0 Å². The highest BCUT2D eigenvalue weighted by Crippen LogP contribution is 1.97. The van der Waals surface area contributed by atoms with Crippen molar-refractivity contribution in [3.05, 3.63) is 0 Å². The molecule has 10 heteroatoms. The molecular formula is C8H21NO7S2. The topological polar surface area (TPSA) is 132 Å². The number of rotatable bonds is 7. The van der Waals surface area contributed by atoms with Crippen LogP contribution in [-0.2, 0) is 20.5 Å². The van der Waals surface area contributed by atoms with Gasteiger partial charge in [0.25, 0.3) is 10.1 Å². The van der Waals surface area contributed by atoms with Crippen molar-refractivity contribution in [1.82, 2.24) is 4.90 Å². The molecule has 0 aromatic rings. The summed E-state index contributed by atoms with van der Waals surface area (Å²) in [7, 11) is -8.42. The van der Waals surface area contributed by atoms with Crippen molar-refractivity contribution in [1.29, 1.82) is 0 Å².